The molecule has 0 saturated heterocycles. The van der Waals surface area contributed by atoms with E-state index in [0.717, 1.165) is 18.4 Å². The van der Waals surface area contributed by atoms with Crippen molar-refractivity contribution in [2.45, 2.75) is 25.8 Å². The summed E-state index contributed by atoms with van der Waals surface area (Å²) in [5, 5.41) is 2.06. The van der Waals surface area contributed by atoms with Crippen LogP contribution in [0.5, 0.6) is 11.5 Å². The van der Waals surface area contributed by atoms with Gasteiger partial charge in [0.25, 0.3) is 0 Å². The van der Waals surface area contributed by atoms with Gasteiger partial charge in [-0.1, -0.05) is 19.1 Å². The number of amides is 2. The van der Waals surface area contributed by atoms with Gasteiger partial charge in [0.1, 0.15) is 13.2 Å². The summed E-state index contributed by atoms with van der Waals surface area (Å²) in [6.45, 7) is 3.44. The number of thiophene rings is 1. The van der Waals surface area contributed by atoms with Crippen LogP contribution in [0.15, 0.2) is 35.7 Å². The molecule has 0 radical (unpaired) electrons. The summed E-state index contributed by atoms with van der Waals surface area (Å²) in [6.07, 6.45) is 1.58. The van der Waals surface area contributed by atoms with Crippen molar-refractivity contribution < 1.29 is 23.8 Å². The Morgan fingerprint density at radius 3 is 2.68 bits per heavy atom. The summed E-state index contributed by atoms with van der Waals surface area (Å²) < 4.78 is 16.5. The van der Waals surface area contributed by atoms with Gasteiger partial charge in [0, 0.05) is 25.1 Å². The minimum Gasteiger partial charge on any atom is -0.493 e. The van der Waals surface area contributed by atoms with Crippen molar-refractivity contribution in [3.63, 3.8) is 0 Å². The highest BCUT2D eigenvalue weighted by atomic mass is 32.1. The van der Waals surface area contributed by atoms with Gasteiger partial charge in [-0.25, -0.2) is 0 Å². The molecular formula is C23H30N2O5S. The van der Waals surface area contributed by atoms with Gasteiger partial charge in [0.15, 0.2) is 11.5 Å². The Labute approximate surface area is 187 Å². The SMILES string of the molecule is CCCN(CC(=O)N1CCc2sccc2[C@@H]1COc1ccccc1OC)C(=O)COC. The lowest BCUT2D eigenvalue weighted by molar-refractivity contribution is -0.144. The number of methoxy groups -OCH3 is 2. The van der Waals surface area contributed by atoms with Crippen molar-refractivity contribution in [1.82, 2.24) is 9.80 Å². The van der Waals surface area contributed by atoms with Crippen molar-refractivity contribution >= 4 is 23.2 Å². The summed E-state index contributed by atoms with van der Waals surface area (Å²) >= 11 is 1.71. The number of carbonyl (C=O) groups excluding carboxylic acids is 2. The number of hydrogen-bond acceptors (Lipinski definition) is 6. The fourth-order valence-electron chi connectivity index (χ4n) is 3.81. The molecule has 1 aromatic carbocycles. The van der Waals surface area contributed by atoms with E-state index in [9.17, 15) is 9.59 Å². The molecule has 3 rings (SSSR count). The number of para-hydroxylation sites is 2. The highest BCUT2D eigenvalue weighted by Gasteiger charge is 2.33. The first kappa shape index (κ1) is 23.1. The molecule has 0 bridgehead atoms. The first-order valence-electron chi connectivity index (χ1n) is 10.5. The van der Waals surface area contributed by atoms with Crippen LogP contribution in [-0.4, -0.2) is 68.7 Å². The van der Waals surface area contributed by atoms with Gasteiger partial charge in [-0.15, -0.1) is 11.3 Å². The van der Waals surface area contributed by atoms with E-state index in [2.05, 4.69) is 11.4 Å². The van der Waals surface area contributed by atoms with Gasteiger partial charge in [0.05, 0.1) is 19.7 Å². The summed E-state index contributed by atoms with van der Waals surface area (Å²) in [5.41, 5.74) is 1.12. The van der Waals surface area contributed by atoms with Crippen molar-refractivity contribution in [2.75, 3.05) is 47.1 Å². The molecule has 2 aromatic rings. The number of rotatable bonds is 10. The van der Waals surface area contributed by atoms with E-state index in [4.69, 9.17) is 14.2 Å². The Morgan fingerprint density at radius 1 is 1.19 bits per heavy atom. The van der Waals surface area contributed by atoms with E-state index in [1.807, 2.05) is 36.1 Å². The van der Waals surface area contributed by atoms with Crippen LogP contribution >= 0.6 is 11.3 Å². The maximum atomic E-state index is 13.3. The number of fused-ring (bicyclic) bond motifs is 1. The van der Waals surface area contributed by atoms with E-state index < -0.39 is 0 Å². The maximum Gasteiger partial charge on any atom is 0.249 e. The third kappa shape index (κ3) is 5.57. The van der Waals surface area contributed by atoms with Gasteiger partial charge < -0.3 is 24.0 Å². The molecule has 8 heteroatoms. The zero-order valence-electron chi connectivity index (χ0n) is 18.3. The average Bonchev–Trinajstić information content (AvgIpc) is 3.26. The molecule has 2 heterocycles. The second-order valence-corrected chi connectivity index (χ2v) is 8.36. The molecular weight excluding hydrogens is 416 g/mol. The topological polar surface area (TPSA) is 68.3 Å². The largest absolute Gasteiger partial charge is 0.493 e. The third-order valence-electron chi connectivity index (χ3n) is 5.32. The summed E-state index contributed by atoms with van der Waals surface area (Å²) in [5.74, 6) is 1.04. The summed E-state index contributed by atoms with van der Waals surface area (Å²) in [6, 6.07) is 9.33. The molecule has 1 aliphatic rings. The first-order chi connectivity index (χ1) is 15.1. The van der Waals surface area contributed by atoms with E-state index in [0.29, 0.717) is 31.2 Å². The predicted molar refractivity (Wildman–Crippen MR) is 120 cm³/mol. The van der Waals surface area contributed by atoms with Crippen LogP contribution < -0.4 is 9.47 Å². The van der Waals surface area contributed by atoms with Crippen LogP contribution in [0.4, 0.5) is 0 Å². The van der Waals surface area contributed by atoms with Crippen LogP contribution in [0.25, 0.3) is 0 Å². The lowest BCUT2D eigenvalue weighted by Crippen LogP contribution is -2.48. The predicted octanol–water partition coefficient (Wildman–Crippen LogP) is 3.15. The second-order valence-electron chi connectivity index (χ2n) is 7.36. The number of nitrogens with zero attached hydrogens (tertiary/aromatic N) is 2. The van der Waals surface area contributed by atoms with Gasteiger partial charge in [-0.05, 0) is 42.0 Å². The summed E-state index contributed by atoms with van der Waals surface area (Å²) in [4.78, 5) is 30.3. The van der Waals surface area contributed by atoms with Crippen molar-refractivity contribution in [3.05, 3.63) is 46.2 Å². The Bertz CT molecular complexity index is 884. The third-order valence-corrected chi connectivity index (χ3v) is 6.32. The van der Waals surface area contributed by atoms with E-state index in [1.165, 1.54) is 12.0 Å². The van der Waals surface area contributed by atoms with Crippen LogP contribution in [0.1, 0.15) is 29.8 Å². The number of benzene rings is 1. The smallest absolute Gasteiger partial charge is 0.249 e. The van der Waals surface area contributed by atoms with Crippen LogP contribution in [-0.2, 0) is 20.7 Å². The minimum absolute atomic E-state index is 0.0255. The fraction of sp³-hybridized carbons (Fsp3) is 0.478. The second kappa shape index (κ2) is 11.2. The van der Waals surface area contributed by atoms with E-state index in [1.54, 1.807) is 23.3 Å². The van der Waals surface area contributed by atoms with Gasteiger partial charge in [0.2, 0.25) is 11.8 Å². The van der Waals surface area contributed by atoms with E-state index in [-0.39, 0.29) is 31.0 Å². The van der Waals surface area contributed by atoms with Crippen molar-refractivity contribution in [2.24, 2.45) is 0 Å². The van der Waals surface area contributed by atoms with Gasteiger partial charge in [-0.2, -0.15) is 0 Å². The zero-order chi connectivity index (χ0) is 22.2. The molecule has 1 aromatic heterocycles. The van der Waals surface area contributed by atoms with Crippen molar-refractivity contribution in [1.29, 1.82) is 0 Å². The first-order valence-corrected chi connectivity index (χ1v) is 11.3. The van der Waals surface area contributed by atoms with Crippen LogP contribution in [0.2, 0.25) is 0 Å². The maximum absolute atomic E-state index is 13.3. The monoisotopic (exact) mass is 446 g/mol. The van der Waals surface area contributed by atoms with E-state index >= 15 is 0 Å². The fourth-order valence-corrected chi connectivity index (χ4v) is 4.74. The molecule has 2 amide bonds. The highest BCUT2D eigenvalue weighted by Crippen LogP contribution is 2.35. The molecule has 7 nitrogen and oxygen atoms in total. The van der Waals surface area contributed by atoms with Crippen LogP contribution in [0, 0.1) is 0 Å². The minimum atomic E-state index is -0.214. The molecule has 1 aliphatic heterocycles. The molecule has 0 aliphatic carbocycles. The lowest BCUT2D eigenvalue weighted by atomic mass is 10.0. The number of ether oxygens (including phenoxy) is 3. The Hall–Kier alpha value is -2.58. The number of hydrogen-bond donors (Lipinski definition) is 0. The average molecular weight is 447 g/mol. The number of carbonyl (C=O) groups is 2. The molecule has 0 spiro atoms. The summed E-state index contributed by atoms with van der Waals surface area (Å²) in [7, 11) is 3.09. The molecule has 31 heavy (non-hydrogen) atoms. The molecule has 0 fully saturated rings. The molecule has 0 N–H and O–H groups in total. The van der Waals surface area contributed by atoms with Crippen LogP contribution in [0.3, 0.4) is 0 Å². The highest BCUT2D eigenvalue weighted by molar-refractivity contribution is 7.10. The zero-order valence-corrected chi connectivity index (χ0v) is 19.2. The van der Waals surface area contributed by atoms with Gasteiger partial charge >= 0.3 is 0 Å². The van der Waals surface area contributed by atoms with Crippen molar-refractivity contribution in [3.8, 4) is 11.5 Å². The quantitative estimate of drug-likeness (QED) is 0.561. The molecule has 1 atom stereocenters. The van der Waals surface area contributed by atoms with Gasteiger partial charge in [-0.3, -0.25) is 9.59 Å². The Morgan fingerprint density at radius 2 is 1.97 bits per heavy atom. The molecule has 0 saturated carbocycles. The molecule has 0 unspecified atom stereocenters. The lowest BCUT2D eigenvalue weighted by Gasteiger charge is -2.37. The molecule has 168 valence electrons. The normalized spacial score (nSPS) is 15.3. The Kier molecular flexibility index (Phi) is 8.31. The standard InChI is InChI=1S/C23H30N2O5S/c1-4-11-24(23(27)16-28-2)14-22(26)25-12-9-21-17(10-13-31-21)18(25)15-30-20-8-6-5-7-19(20)29-3/h5-8,10,13,18H,4,9,11-12,14-16H2,1-3H3/t18-/m0/s1. The Balaban J connectivity index is 1.77.